The van der Waals surface area contributed by atoms with Gasteiger partial charge in [-0.1, -0.05) is 37.6 Å². The van der Waals surface area contributed by atoms with Gasteiger partial charge < -0.3 is 10.6 Å². The van der Waals surface area contributed by atoms with Crippen LogP contribution in [0.4, 0.5) is 0 Å². The molecule has 0 saturated heterocycles. The van der Waals surface area contributed by atoms with Gasteiger partial charge in [0.15, 0.2) is 0 Å². The molecule has 0 aromatic heterocycles. The fraction of sp³-hybridized carbons (Fsp3) is 0.385. The molecule has 0 atom stereocenters. The van der Waals surface area contributed by atoms with E-state index in [1.807, 2.05) is 13.8 Å². The molecule has 0 aliphatic carbocycles. The first-order valence-electron chi connectivity index (χ1n) is 5.83. The number of hydrogen-bond donors (Lipinski definition) is 2. The maximum Gasteiger partial charge on any atom is 0.252 e. The topological polar surface area (TPSA) is 58.2 Å². The Balaban J connectivity index is 2.35. The van der Waals surface area contributed by atoms with Crippen molar-refractivity contribution in [2.75, 3.05) is 13.1 Å². The van der Waals surface area contributed by atoms with E-state index in [4.69, 9.17) is 11.6 Å². The smallest absolute Gasteiger partial charge is 0.252 e. The first-order chi connectivity index (χ1) is 8.52. The number of rotatable bonds is 5. The normalized spacial score (nSPS) is 10.2. The molecule has 0 unspecified atom stereocenters. The highest BCUT2D eigenvalue weighted by Gasteiger charge is 2.09. The number of benzene rings is 1. The minimum absolute atomic E-state index is 0.0259. The van der Waals surface area contributed by atoms with Crippen molar-refractivity contribution in [1.82, 2.24) is 10.6 Å². The Hall–Kier alpha value is -1.55. The highest BCUT2D eigenvalue weighted by molar-refractivity contribution is 6.33. The third-order valence-electron chi connectivity index (χ3n) is 2.35. The fourth-order valence-corrected chi connectivity index (χ4v) is 1.53. The van der Waals surface area contributed by atoms with Crippen LogP contribution in [0.25, 0.3) is 0 Å². The standard InChI is InChI=1S/C13H17ClN2O2/c1-9(2)12(17)15-7-8-16-13(18)10-5-3-4-6-11(10)14/h3-6,9H,7-8H2,1-2H3,(H,15,17)(H,16,18). The molecular formula is C13H17ClN2O2. The van der Waals surface area contributed by atoms with Crippen molar-refractivity contribution in [2.45, 2.75) is 13.8 Å². The Labute approximate surface area is 112 Å². The van der Waals surface area contributed by atoms with Gasteiger partial charge in [0.05, 0.1) is 10.6 Å². The van der Waals surface area contributed by atoms with E-state index < -0.39 is 0 Å². The summed E-state index contributed by atoms with van der Waals surface area (Å²) in [6.45, 7) is 4.42. The molecule has 0 heterocycles. The number of halogens is 1. The zero-order chi connectivity index (χ0) is 13.5. The lowest BCUT2D eigenvalue weighted by molar-refractivity contribution is -0.123. The summed E-state index contributed by atoms with van der Waals surface area (Å²) in [6.07, 6.45) is 0. The SMILES string of the molecule is CC(C)C(=O)NCCNC(=O)c1ccccc1Cl. The van der Waals surface area contributed by atoms with Crippen molar-refractivity contribution in [3.8, 4) is 0 Å². The molecule has 1 rings (SSSR count). The molecule has 0 fully saturated rings. The molecule has 0 saturated carbocycles. The van der Waals surface area contributed by atoms with Gasteiger partial charge in [0, 0.05) is 19.0 Å². The molecule has 2 amide bonds. The third kappa shape index (κ3) is 4.37. The van der Waals surface area contributed by atoms with Crippen LogP contribution < -0.4 is 10.6 Å². The van der Waals surface area contributed by atoms with E-state index in [1.54, 1.807) is 24.3 Å². The molecule has 0 radical (unpaired) electrons. The molecule has 0 aliphatic rings. The van der Waals surface area contributed by atoms with Crippen LogP contribution in [0.15, 0.2) is 24.3 Å². The minimum Gasteiger partial charge on any atom is -0.354 e. The second kappa shape index (κ2) is 7.01. The Morgan fingerprint density at radius 3 is 2.39 bits per heavy atom. The van der Waals surface area contributed by atoms with Gasteiger partial charge in [-0.15, -0.1) is 0 Å². The molecule has 4 nitrogen and oxygen atoms in total. The fourth-order valence-electron chi connectivity index (χ4n) is 1.31. The number of carbonyl (C=O) groups is 2. The van der Waals surface area contributed by atoms with E-state index in [0.717, 1.165) is 0 Å². The van der Waals surface area contributed by atoms with E-state index in [-0.39, 0.29) is 17.7 Å². The van der Waals surface area contributed by atoms with Crippen LogP contribution in [0.2, 0.25) is 5.02 Å². The number of carbonyl (C=O) groups excluding carboxylic acids is 2. The number of hydrogen-bond acceptors (Lipinski definition) is 2. The van der Waals surface area contributed by atoms with Crippen LogP contribution in [0.5, 0.6) is 0 Å². The van der Waals surface area contributed by atoms with Gasteiger partial charge in [0.2, 0.25) is 5.91 Å². The van der Waals surface area contributed by atoms with E-state index in [0.29, 0.717) is 23.7 Å². The van der Waals surface area contributed by atoms with E-state index in [2.05, 4.69) is 10.6 Å². The van der Waals surface area contributed by atoms with Crippen molar-refractivity contribution < 1.29 is 9.59 Å². The monoisotopic (exact) mass is 268 g/mol. The van der Waals surface area contributed by atoms with Crippen LogP contribution in [0, 0.1) is 5.92 Å². The largest absolute Gasteiger partial charge is 0.354 e. The predicted molar refractivity (Wildman–Crippen MR) is 71.6 cm³/mol. The average Bonchev–Trinajstić information content (AvgIpc) is 2.34. The first-order valence-corrected chi connectivity index (χ1v) is 6.20. The lowest BCUT2D eigenvalue weighted by Crippen LogP contribution is -2.36. The van der Waals surface area contributed by atoms with E-state index >= 15 is 0 Å². The third-order valence-corrected chi connectivity index (χ3v) is 2.68. The quantitative estimate of drug-likeness (QED) is 0.801. The summed E-state index contributed by atoms with van der Waals surface area (Å²) in [5.41, 5.74) is 0.439. The summed E-state index contributed by atoms with van der Waals surface area (Å²) in [6, 6.07) is 6.84. The van der Waals surface area contributed by atoms with Crippen LogP contribution in [-0.4, -0.2) is 24.9 Å². The van der Waals surface area contributed by atoms with Gasteiger partial charge >= 0.3 is 0 Å². The molecule has 0 bridgehead atoms. The van der Waals surface area contributed by atoms with Crippen LogP contribution >= 0.6 is 11.6 Å². The Bertz CT molecular complexity index is 433. The zero-order valence-electron chi connectivity index (χ0n) is 10.5. The summed E-state index contributed by atoms with van der Waals surface area (Å²) in [4.78, 5) is 23.0. The molecule has 1 aromatic rings. The van der Waals surface area contributed by atoms with Crippen LogP contribution in [0.3, 0.4) is 0 Å². The summed E-state index contributed by atoms with van der Waals surface area (Å²) in [7, 11) is 0. The Kier molecular flexibility index (Phi) is 5.65. The van der Waals surface area contributed by atoms with Gasteiger partial charge in [-0.2, -0.15) is 0 Å². The molecule has 98 valence electrons. The highest BCUT2D eigenvalue weighted by atomic mass is 35.5. The molecular weight excluding hydrogens is 252 g/mol. The van der Waals surface area contributed by atoms with Gasteiger partial charge in [-0.3, -0.25) is 9.59 Å². The Morgan fingerprint density at radius 1 is 1.17 bits per heavy atom. The number of nitrogens with one attached hydrogen (secondary N) is 2. The zero-order valence-corrected chi connectivity index (χ0v) is 11.3. The van der Waals surface area contributed by atoms with Crippen molar-refractivity contribution >= 4 is 23.4 Å². The summed E-state index contributed by atoms with van der Waals surface area (Å²) in [5.74, 6) is -0.314. The van der Waals surface area contributed by atoms with Crippen LogP contribution in [0.1, 0.15) is 24.2 Å². The van der Waals surface area contributed by atoms with E-state index in [9.17, 15) is 9.59 Å². The summed E-state index contributed by atoms with van der Waals surface area (Å²) >= 11 is 5.89. The first kappa shape index (κ1) is 14.5. The minimum atomic E-state index is -0.237. The van der Waals surface area contributed by atoms with E-state index in [1.165, 1.54) is 0 Å². The van der Waals surface area contributed by atoms with Gasteiger partial charge in [-0.25, -0.2) is 0 Å². The van der Waals surface area contributed by atoms with Crippen molar-refractivity contribution in [3.05, 3.63) is 34.9 Å². The molecule has 18 heavy (non-hydrogen) atoms. The highest BCUT2D eigenvalue weighted by Crippen LogP contribution is 2.14. The molecule has 2 N–H and O–H groups in total. The molecule has 0 aliphatic heterocycles. The predicted octanol–water partition coefficient (Wildman–Crippen LogP) is 1.84. The summed E-state index contributed by atoms with van der Waals surface area (Å²) < 4.78 is 0. The maximum absolute atomic E-state index is 11.7. The molecule has 1 aromatic carbocycles. The average molecular weight is 269 g/mol. The van der Waals surface area contributed by atoms with Gasteiger partial charge in [0.1, 0.15) is 0 Å². The second-order valence-electron chi connectivity index (χ2n) is 4.18. The molecule has 5 heteroatoms. The number of amides is 2. The lowest BCUT2D eigenvalue weighted by Gasteiger charge is -2.09. The maximum atomic E-state index is 11.7. The van der Waals surface area contributed by atoms with Gasteiger partial charge in [0.25, 0.3) is 5.91 Å². The Morgan fingerprint density at radius 2 is 1.78 bits per heavy atom. The van der Waals surface area contributed by atoms with Gasteiger partial charge in [-0.05, 0) is 12.1 Å². The second-order valence-corrected chi connectivity index (χ2v) is 4.59. The van der Waals surface area contributed by atoms with Crippen molar-refractivity contribution in [2.24, 2.45) is 5.92 Å². The van der Waals surface area contributed by atoms with Crippen molar-refractivity contribution in [1.29, 1.82) is 0 Å². The lowest BCUT2D eigenvalue weighted by atomic mass is 10.2. The van der Waals surface area contributed by atoms with Crippen molar-refractivity contribution in [3.63, 3.8) is 0 Å². The molecule has 0 spiro atoms. The summed E-state index contributed by atoms with van der Waals surface area (Å²) in [5, 5.41) is 5.83. The van der Waals surface area contributed by atoms with Crippen LogP contribution in [-0.2, 0) is 4.79 Å².